The van der Waals surface area contributed by atoms with Crippen LogP contribution in [0.15, 0.2) is 0 Å². The highest BCUT2D eigenvalue weighted by atomic mass is 19.4. The molecule has 17 heavy (non-hydrogen) atoms. The molecule has 0 atom stereocenters. The number of hydrogen-bond donors (Lipinski definition) is 0. The molecule has 1 fully saturated rings. The minimum absolute atomic E-state index is 0.0423. The third-order valence-electron chi connectivity index (χ3n) is 1.86. The quantitative estimate of drug-likeness (QED) is 0.561. The molecule has 0 bridgehead atoms. The van der Waals surface area contributed by atoms with Crippen molar-refractivity contribution >= 4 is 13.3 Å². The summed E-state index contributed by atoms with van der Waals surface area (Å²) in [6.07, 6.45) is -6.58. The molecule has 0 unspecified atom stereocenters. The second-order valence-electron chi connectivity index (χ2n) is 3.08. The van der Waals surface area contributed by atoms with Crippen molar-refractivity contribution in [3.63, 3.8) is 0 Å². The maximum Gasteiger partial charge on any atom is 0.460 e. The maximum absolute atomic E-state index is 12.8. The van der Waals surface area contributed by atoms with E-state index in [0.29, 0.717) is 7.41 Å². The number of hydrogen-bond acceptors (Lipinski definition) is 2. The van der Waals surface area contributed by atoms with Crippen LogP contribution in [0.4, 0.5) is 30.7 Å². The molecule has 1 aliphatic heterocycles. The normalized spacial score (nSPS) is 18.2. The molecule has 0 aromatic heterocycles. The molecule has 0 aromatic carbocycles. The number of carbonyl (C=O) groups is 1. The Morgan fingerprint density at radius 2 is 1.65 bits per heavy atom. The topological polar surface area (TPSA) is 29.5 Å². The Balaban J connectivity index is 2.97. The first-order valence-corrected chi connectivity index (χ1v) is 4.14. The summed E-state index contributed by atoms with van der Waals surface area (Å²) in [6.45, 7) is -0.251. The van der Waals surface area contributed by atoms with Gasteiger partial charge >= 0.3 is 23.9 Å². The fraction of sp³-hybridized carbons (Fsp3) is 0.833. The van der Waals surface area contributed by atoms with Crippen molar-refractivity contribution in [3.05, 3.63) is 0 Å². The zero-order valence-corrected chi connectivity index (χ0v) is 7.90. The van der Waals surface area contributed by atoms with Crippen LogP contribution in [-0.2, 0) is 9.63 Å². The first kappa shape index (κ1) is 14.1. The van der Waals surface area contributed by atoms with Crippen molar-refractivity contribution < 1.29 is 40.4 Å². The van der Waals surface area contributed by atoms with Gasteiger partial charge in [-0.1, -0.05) is 0 Å². The highest BCUT2D eigenvalue weighted by Crippen LogP contribution is 2.47. The van der Waals surface area contributed by atoms with Crippen LogP contribution in [0.1, 0.15) is 0 Å². The molecule has 1 aliphatic rings. The standard InChI is InChI=1S/C6H4BF7NO2/c8-4(9,5(10,11)6(12,13)14)3(16)15-7-1-2-17-15/h1-2H2. The first-order valence-electron chi connectivity index (χ1n) is 4.14. The summed E-state index contributed by atoms with van der Waals surface area (Å²) in [5.41, 5.74) is 0. The Morgan fingerprint density at radius 1 is 1.12 bits per heavy atom. The third-order valence-corrected chi connectivity index (χ3v) is 1.86. The first-order chi connectivity index (χ1) is 7.52. The van der Waals surface area contributed by atoms with E-state index in [0.717, 1.165) is 0 Å². The molecule has 0 aromatic rings. The Morgan fingerprint density at radius 3 is 2.00 bits per heavy atom. The van der Waals surface area contributed by atoms with Crippen molar-refractivity contribution in [1.82, 2.24) is 4.97 Å². The molecule has 11 heteroatoms. The van der Waals surface area contributed by atoms with E-state index in [1.54, 1.807) is 0 Å². The van der Waals surface area contributed by atoms with Crippen molar-refractivity contribution in [1.29, 1.82) is 0 Å². The highest BCUT2D eigenvalue weighted by Gasteiger charge is 2.77. The minimum atomic E-state index is -6.54. The van der Waals surface area contributed by atoms with E-state index in [1.165, 1.54) is 0 Å². The summed E-state index contributed by atoms with van der Waals surface area (Å²) in [5, 5.41) is 0. The summed E-state index contributed by atoms with van der Waals surface area (Å²) < 4.78 is 85.6. The number of carbonyl (C=O) groups excluding carboxylic acids is 1. The smallest absolute Gasteiger partial charge is 0.285 e. The lowest BCUT2D eigenvalue weighted by Gasteiger charge is -2.29. The molecular formula is C6H4BF7NO2. The number of hydroxylamine groups is 1. The molecule has 3 nitrogen and oxygen atoms in total. The van der Waals surface area contributed by atoms with Gasteiger partial charge in [0.15, 0.2) is 0 Å². The molecule has 1 amide bonds. The predicted molar refractivity (Wildman–Crippen MR) is 39.3 cm³/mol. The second kappa shape index (κ2) is 4.04. The van der Waals surface area contributed by atoms with Gasteiger partial charge in [-0.2, -0.15) is 30.7 Å². The third kappa shape index (κ3) is 2.19. The summed E-state index contributed by atoms with van der Waals surface area (Å²) in [7, 11) is 0.655. The second-order valence-corrected chi connectivity index (χ2v) is 3.08. The van der Waals surface area contributed by atoms with Gasteiger partial charge in [0, 0.05) is 0 Å². The van der Waals surface area contributed by atoms with Crippen LogP contribution in [0, 0.1) is 0 Å². The van der Waals surface area contributed by atoms with Crippen LogP contribution in [0.3, 0.4) is 0 Å². The fourth-order valence-corrected chi connectivity index (χ4v) is 0.966. The molecule has 97 valence electrons. The number of halogens is 7. The number of nitrogens with zero attached hydrogens (tertiary/aromatic N) is 1. The number of alkyl halides is 7. The van der Waals surface area contributed by atoms with Gasteiger partial charge in [0.2, 0.25) is 0 Å². The average molecular weight is 266 g/mol. The molecule has 0 spiro atoms. The summed E-state index contributed by atoms with van der Waals surface area (Å²) >= 11 is 0. The molecule has 1 saturated heterocycles. The van der Waals surface area contributed by atoms with Gasteiger partial charge in [-0.15, -0.1) is 0 Å². The van der Waals surface area contributed by atoms with Gasteiger partial charge in [-0.25, -0.2) is 0 Å². The molecule has 0 N–H and O–H groups in total. The molecular weight excluding hydrogens is 262 g/mol. The summed E-state index contributed by atoms with van der Waals surface area (Å²) in [5.74, 6) is -15.1. The van der Waals surface area contributed by atoms with Crippen molar-refractivity contribution in [3.8, 4) is 0 Å². The van der Waals surface area contributed by atoms with E-state index in [-0.39, 0.29) is 17.9 Å². The van der Waals surface area contributed by atoms with Crippen molar-refractivity contribution in [2.75, 3.05) is 6.61 Å². The lowest BCUT2D eigenvalue weighted by Crippen LogP contribution is -2.59. The predicted octanol–water partition coefficient (Wildman–Crippen LogP) is 1.63. The molecule has 1 rings (SSSR count). The Labute approximate surface area is 90.7 Å². The van der Waals surface area contributed by atoms with E-state index in [4.69, 9.17) is 0 Å². The van der Waals surface area contributed by atoms with Crippen LogP contribution in [0.5, 0.6) is 0 Å². The highest BCUT2D eigenvalue weighted by molar-refractivity contribution is 6.37. The minimum Gasteiger partial charge on any atom is -0.285 e. The van der Waals surface area contributed by atoms with E-state index < -0.39 is 23.9 Å². The van der Waals surface area contributed by atoms with Gasteiger partial charge in [0.05, 0.1) is 6.61 Å². The number of amides is 1. The van der Waals surface area contributed by atoms with Crippen LogP contribution < -0.4 is 0 Å². The molecule has 0 saturated carbocycles. The Hall–Kier alpha value is -0.995. The monoisotopic (exact) mass is 266 g/mol. The van der Waals surface area contributed by atoms with Crippen LogP contribution in [0.2, 0.25) is 6.32 Å². The van der Waals surface area contributed by atoms with E-state index in [1.807, 2.05) is 0 Å². The molecule has 1 radical (unpaired) electrons. The van der Waals surface area contributed by atoms with E-state index in [9.17, 15) is 35.5 Å². The van der Waals surface area contributed by atoms with Gasteiger partial charge in [0.25, 0.3) is 7.41 Å². The molecule has 1 heterocycles. The maximum atomic E-state index is 12.8. The summed E-state index contributed by atoms with van der Waals surface area (Å²) in [4.78, 5) is 14.7. The van der Waals surface area contributed by atoms with Gasteiger partial charge < -0.3 is 0 Å². The van der Waals surface area contributed by atoms with Gasteiger partial charge in [-0.05, 0) is 6.32 Å². The SMILES string of the molecule is O=C(N1[B]CCO1)C(F)(F)C(F)(F)C(F)(F)F. The van der Waals surface area contributed by atoms with Crippen LogP contribution in [0.25, 0.3) is 0 Å². The van der Waals surface area contributed by atoms with Gasteiger partial charge in [0.1, 0.15) is 0 Å². The Bertz CT molecular complexity index is 312. The molecule has 0 aliphatic carbocycles. The number of rotatable bonds is 2. The van der Waals surface area contributed by atoms with E-state index in [2.05, 4.69) is 4.84 Å². The lowest BCUT2D eigenvalue weighted by molar-refractivity contribution is -0.347. The largest absolute Gasteiger partial charge is 0.460 e. The van der Waals surface area contributed by atoms with Crippen molar-refractivity contribution in [2.45, 2.75) is 24.3 Å². The zero-order chi connectivity index (χ0) is 13.5. The average Bonchev–Trinajstić information content (AvgIpc) is 2.66. The summed E-state index contributed by atoms with van der Waals surface area (Å²) in [6, 6.07) is 0. The van der Waals surface area contributed by atoms with Crippen molar-refractivity contribution in [2.24, 2.45) is 0 Å². The van der Waals surface area contributed by atoms with Crippen LogP contribution >= 0.6 is 0 Å². The van der Waals surface area contributed by atoms with Crippen LogP contribution in [-0.4, -0.2) is 42.9 Å². The van der Waals surface area contributed by atoms with E-state index >= 15 is 0 Å². The fourth-order valence-electron chi connectivity index (χ4n) is 0.966. The lowest BCUT2D eigenvalue weighted by atomic mass is 9.90. The Kier molecular flexibility index (Phi) is 3.34. The van der Waals surface area contributed by atoms with Gasteiger partial charge in [-0.3, -0.25) is 14.6 Å². The zero-order valence-electron chi connectivity index (χ0n) is 7.90.